The Bertz CT molecular complexity index is 509. The summed E-state index contributed by atoms with van der Waals surface area (Å²) in [6.45, 7) is 0.561. The van der Waals surface area contributed by atoms with Crippen LogP contribution >= 0.6 is 0 Å². The van der Waals surface area contributed by atoms with Gasteiger partial charge in [0.05, 0.1) is 6.21 Å². The van der Waals surface area contributed by atoms with Crippen molar-refractivity contribution in [3.05, 3.63) is 65.7 Å². The third-order valence-corrected chi connectivity index (χ3v) is 2.41. The Morgan fingerprint density at radius 1 is 1.06 bits per heavy atom. The number of nitrogens with zero attached hydrogens (tertiary/aromatic N) is 1. The minimum absolute atomic E-state index is 0.561. The van der Waals surface area contributed by atoms with Crippen molar-refractivity contribution in [1.82, 2.24) is 0 Å². The molecule has 0 atom stereocenters. The topological polar surface area (TPSA) is 30.8 Å². The molecule has 0 aliphatic carbocycles. The molecule has 3 heteroatoms. The fourth-order valence-corrected chi connectivity index (χ4v) is 1.54. The SMILES string of the molecule is CO/N=C/c1cccc(OCc2ccccc2)c1. The molecule has 0 bridgehead atoms. The van der Waals surface area contributed by atoms with Gasteiger partial charge in [-0.15, -0.1) is 0 Å². The molecule has 0 radical (unpaired) electrons. The quantitative estimate of drug-likeness (QED) is 0.594. The van der Waals surface area contributed by atoms with Crippen molar-refractivity contribution in [2.24, 2.45) is 5.16 Å². The lowest BCUT2D eigenvalue weighted by molar-refractivity contribution is 0.215. The number of hydrogen-bond acceptors (Lipinski definition) is 3. The van der Waals surface area contributed by atoms with Crippen molar-refractivity contribution in [1.29, 1.82) is 0 Å². The molecule has 2 aromatic rings. The first-order chi connectivity index (χ1) is 8.88. The highest BCUT2D eigenvalue weighted by Gasteiger charge is 1.96. The maximum absolute atomic E-state index is 5.71. The lowest BCUT2D eigenvalue weighted by Crippen LogP contribution is -1.95. The van der Waals surface area contributed by atoms with E-state index in [1.807, 2.05) is 54.6 Å². The summed E-state index contributed by atoms with van der Waals surface area (Å²) < 4.78 is 5.71. The average Bonchev–Trinajstić information content (AvgIpc) is 2.44. The van der Waals surface area contributed by atoms with Crippen molar-refractivity contribution in [2.75, 3.05) is 7.11 Å². The summed E-state index contributed by atoms with van der Waals surface area (Å²) in [5.41, 5.74) is 2.09. The molecule has 0 saturated carbocycles. The normalized spacial score (nSPS) is 10.5. The molecule has 0 aromatic heterocycles. The molecular formula is C15H15NO2. The molecule has 3 nitrogen and oxygen atoms in total. The van der Waals surface area contributed by atoms with Crippen molar-refractivity contribution < 1.29 is 9.57 Å². The highest BCUT2D eigenvalue weighted by atomic mass is 16.6. The van der Waals surface area contributed by atoms with Crippen LogP contribution in [0.3, 0.4) is 0 Å². The summed E-state index contributed by atoms with van der Waals surface area (Å²) in [4.78, 5) is 4.64. The molecule has 0 fully saturated rings. The summed E-state index contributed by atoms with van der Waals surface area (Å²) >= 11 is 0. The van der Waals surface area contributed by atoms with E-state index in [1.54, 1.807) is 6.21 Å². The second-order valence-corrected chi connectivity index (χ2v) is 3.76. The maximum atomic E-state index is 5.71. The summed E-state index contributed by atoms with van der Waals surface area (Å²) in [7, 11) is 1.52. The summed E-state index contributed by atoms with van der Waals surface area (Å²) in [6, 6.07) is 17.8. The molecule has 18 heavy (non-hydrogen) atoms. The summed E-state index contributed by atoms with van der Waals surface area (Å²) in [5.74, 6) is 0.818. The van der Waals surface area contributed by atoms with E-state index >= 15 is 0 Å². The van der Waals surface area contributed by atoms with E-state index in [0.29, 0.717) is 6.61 Å². The smallest absolute Gasteiger partial charge is 0.120 e. The summed E-state index contributed by atoms with van der Waals surface area (Å²) in [5, 5.41) is 3.72. The van der Waals surface area contributed by atoms with Crippen LogP contribution in [0.4, 0.5) is 0 Å². The average molecular weight is 241 g/mol. The van der Waals surface area contributed by atoms with E-state index in [0.717, 1.165) is 16.9 Å². The van der Waals surface area contributed by atoms with Gasteiger partial charge in [-0.25, -0.2) is 0 Å². The van der Waals surface area contributed by atoms with Crippen LogP contribution in [0, 0.1) is 0 Å². The van der Waals surface area contributed by atoms with Crippen LogP contribution in [0.1, 0.15) is 11.1 Å². The van der Waals surface area contributed by atoms with Crippen LogP contribution in [-0.4, -0.2) is 13.3 Å². The fourth-order valence-electron chi connectivity index (χ4n) is 1.54. The Balaban J connectivity index is 1.99. The molecule has 2 rings (SSSR count). The number of benzene rings is 2. The zero-order chi connectivity index (χ0) is 12.6. The Morgan fingerprint density at radius 2 is 1.89 bits per heavy atom. The maximum Gasteiger partial charge on any atom is 0.120 e. The Labute approximate surface area is 107 Å². The first-order valence-electron chi connectivity index (χ1n) is 5.72. The Kier molecular flexibility index (Phi) is 4.36. The van der Waals surface area contributed by atoms with Crippen LogP contribution in [0.2, 0.25) is 0 Å². The Morgan fingerprint density at radius 3 is 2.67 bits per heavy atom. The van der Waals surface area contributed by atoms with Crippen molar-refractivity contribution in [2.45, 2.75) is 6.61 Å². The van der Waals surface area contributed by atoms with E-state index in [1.165, 1.54) is 7.11 Å². The predicted molar refractivity (Wildman–Crippen MR) is 71.8 cm³/mol. The van der Waals surface area contributed by atoms with Crippen LogP contribution < -0.4 is 4.74 Å². The van der Waals surface area contributed by atoms with Gasteiger partial charge in [-0.05, 0) is 23.3 Å². The zero-order valence-corrected chi connectivity index (χ0v) is 10.2. The predicted octanol–water partition coefficient (Wildman–Crippen LogP) is 3.25. The number of ether oxygens (including phenoxy) is 1. The highest BCUT2D eigenvalue weighted by Crippen LogP contribution is 2.14. The molecule has 0 amide bonds. The fraction of sp³-hybridized carbons (Fsp3) is 0.133. The van der Waals surface area contributed by atoms with Gasteiger partial charge >= 0.3 is 0 Å². The van der Waals surface area contributed by atoms with Gasteiger partial charge in [-0.3, -0.25) is 0 Å². The number of rotatable bonds is 5. The van der Waals surface area contributed by atoms with Gasteiger partial charge in [0.15, 0.2) is 0 Å². The molecule has 92 valence electrons. The molecule has 0 aliphatic heterocycles. The first-order valence-corrected chi connectivity index (χ1v) is 5.72. The second-order valence-electron chi connectivity index (χ2n) is 3.76. The molecule has 0 unspecified atom stereocenters. The standard InChI is InChI=1S/C15H15NO2/c1-17-16-11-14-8-5-9-15(10-14)18-12-13-6-3-2-4-7-13/h2-11H,12H2,1H3/b16-11+. The van der Waals surface area contributed by atoms with Gasteiger partial charge in [0.25, 0.3) is 0 Å². The second kappa shape index (κ2) is 6.45. The van der Waals surface area contributed by atoms with Crippen molar-refractivity contribution in [3.8, 4) is 5.75 Å². The molecule has 0 N–H and O–H groups in total. The van der Waals surface area contributed by atoms with Crippen LogP contribution in [0.5, 0.6) is 5.75 Å². The molecule has 0 saturated heterocycles. The van der Waals surface area contributed by atoms with Crippen molar-refractivity contribution >= 4 is 6.21 Å². The van der Waals surface area contributed by atoms with Crippen LogP contribution in [0.25, 0.3) is 0 Å². The van der Waals surface area contributed by atoms with E-state index < -0.39 is 0 Å². The summed E-state index contributed by atoms with van der Waals surface area (Å²) in [6.07, 6.45) is 1.65. The monoisotopic (exact) mass is 241 g/mol. The van der Waals surface area contributed by atoms with Crippen LogP contribution in [-0.2, 0) is 11.4 Å². The third-order valence-electron chi connectivity index (χ3n) is 2.41. The van der Waals surface area contributed by atoms with Gasteiger partial charge in [0, 0.05) is 0 Å². The zero-order valence-electron chi connectivity index (χ0n) is 10.2. The van der Waals surface area contributed by atoms with E-state index in [9.17, 15) is 0 Å². The van der Waals surface area contributed by atoms with Gasteiger partial charge < -0.3 is 9.57 Å². The molecular weight excluding hydrogens is 226 g/mol. The molecule has 0 spiro atoms. The van der Waals surface area contributed by atoms with Crippen molar-refractivity contribution in [3.63, 3.8) is 0 Å². The molecule has 0 heterocycles. The lowest BCUT2D eigenvalue weighted by atomic mass is 10.2. The number of hydrogen-bond donors (Lipinski definition) is 0. The van der Waals surface area contributed by atoms with Gasteiger partial charge in [-0.2, -0.15) is 0 Å². The van der Waals surface area contributed by atoms with E-state index in [4.69, 9.17) is 4.74 Å². The highest BCUT2D eigenvalue weighted by molar-refractivity contribution is 5.79. The van der Waals surface area contributed by atoms with Gasteiger partial charge in [0.1, 0.15) is 19.5 Å². The van der Waals surface area contributed by atoms with E-state index in [2.05, 4.69) is 9.99 Å². The minimum Gasteiger partial charge on any atom is -0.489 e. The minimum atomic E-state index is 0.561. The largest absolute Gasteiger partial charge is 0.489 e. The number of oxime groups is 1. The third kappa shape index (κ3) is 3.63. The van der Waals surface area contributed by atoms with Crippen LogP contribution in [0.15, 0.2) is 59.8 Å². The molecule has 2 aromatic carbocycles. The lowest BCUT2D eigenvalue weighted by Gasteiger charge is -2.06. The molecule has 0 aliphatic rings. The first kappa shape index (κ1) is 12.2. The van der Waals surface area contributed by atoms with Gasteiger partial charge in [-0.1, -0.05) is 47.6 Å². The van der Waals surface area contributed by atoms with E-state index in [-0.39, 0.29) is 0 Å². The Hall–Kier alpha value is -2.29. The van der Waals surface area contributed by atoms with Gasteiger partial charge in [0.2, 0.25) is 0 Å².